The van der Waals surface area contributed by atoms with Gasteiger partial charge in [0.05, 0.1) is 5.69 Å². The fourth-order valence-electron chi connectivity index (χ4n) is 1.50. The standard InChI is InChI=1S/C11H14N2O2S2.C3H6O2/c1-3-13-7-6-10(9-13)12(2)17(14,15)11-5-4-8-16-11;1-2-3(4)5/h4-9H,3H2,1-2H3;2H2,1H3,(H,4,5). The second kappa shape index (κ2) is 8.00. The average Bonchev–Trinajstić information content (AvgIpc) is 3.18. The van der Waals surface area contributed by atoms with Gasteiger partial charge in [0, 0.05) is 32.4 Å². The predicted octanol–water partition coefficient (Wildman–Crippen LogP) is 2.88. The van der Waals surface area contributed by atoms with Crippen molar-refractivity contribution in [3.05, 3.63) is 36.0 Å². The van der Waals surface area contributed by atoms with Gasteiger partial charge in [-0.05, 0) is 24.4 Å². The third kappa shape index (κ3) is 4.60. The molecule has 2 aromatic rings. The summed E-state index contributed by atoms with van der Waals surface area (Å²) in [7, 11) is -1.83. The van der Waals surface area contributed by atoms with Crippen molar-refractivity contribution in [3.63, 3.8) is 0 Å². The Kier molecular flexibility index (Phi) is 6.63. The number of thiophene rings is 1. The van der Waals surface area contributed by atoms with Crippen LogP contribution in [0.15, 0.2) is 40.2 Å². The average molecular weight is 344 g/mol. The Balaban J connectivity index is 0.000000422. The van der Waals surface area contributed by atoms with E-state index in [1.807, 2.05) is 23.9 Å². The van der Waals surface area contributed by atoms with E-state index in [-0.39, 0.29) is 6.42 Å². The van der Waals surface area contributed by atoms with Gasteiger partial charge < -0.3 is 9.67 Å². The lowest BCUT2D eigenvalue weighted by molar-refractivity contribution is -0.136. The summed E-state index contributed by atoms with van der Waals surface area (Å²) in [5.41, 5.74) is 0.681. The number of carbonyl (C=O) groups is 1. The summed E-state index contributed by atoms with van der Waals surface area (Å²) in [6.45, 7) is 4.44. The molecule has 0 aliphatic rings. The fraction of sp³-hybridized carbons (Fsp3) is 0.357. The van der Waals surface area contributed by atoms with E-state index in [2.05, 4.69) is 0 Å². The summed E-state index contributed by atoms with van der Waals surface area (Å²) in [6.07, 6.45) is 3.92. The smallest absolute Gasteiger partial charge is 0.303 e. The van der Waals surface area contributed by atoms with Crippen LogP contribution in [0, 0.1) is 0 Å². The van der Waals surface area contributed by atoms with Gasteiger partial charge in [-0.3, -0.25) is 9.10 Å². The van der Waals surface area contributed by atoms with Crippen LogP contribution in [0.1, 0.15) is 20.3 Å². The highest BCUT2D eigenvalue weighted by molar-refractivity contribution is 7.94. The van der Waals surface area contributed by atoms with E-state index in [9.17, 15) is 13.2 Å². The largest absolute Gasteiger partial charge is 0.481 e. The van der Waals surface area contributed by atoms with Crippen LogP contribution in [0.25, 0.3) is 0 Å². The molecule has 0 aliphatic heterocycles. The Labute approximate surface area is 134 Å². The van der Waals surface area contributed by atoms with E-state index in [0.29, 0.717) is 9.90 Å². The van der Waals surface area contributed by atoms with Crippen molar-refractivity contribution in [1.82, 2.24) is 4.57 Å². The third-order valence-corrected chi connectivity index (χ3v) is 6.03. The second-order valence-corrected chi connectivity index (χ2v) is 7.50. The molecule has 0 bridgehead atoms. The first kappa shape index (κ1) is 18.2. The molecule has 0 radical (unpaired) electrons. The zero-order valence-electron chi connectivity index (χ0n) is 12.8. The number of aliphatic carboxylic acids is 1. The van der Waals surface area contributed by atoms with Crippen LogP contribution in [0.4, 0.5) is 5.69 Å². The maximum atomic E-state index is 12.2. The van der Waals surface area contributed by atoms with E-state index >= 15 is 0 Å². The van der Waals surface area contributed by atoms with Gasteiger partial charge in [-0.2, -0.15) is 0 Å². The van der Waals surface area contributed by atoms with E-state index < -0.39 is 16.0 Å². The van der Waals surface area contributed by atoms with E-state index in [0.717, 1.165) is 6.54 Å². The topological polar surface area (TPSA) is 79.6 Å². The first-order valence-electron chi connectivity index (χ1n) is 6.72. The number of aryl methyl sites for hydroxylation is 1. The molecule has 122 valence electrons. The number of hydrogen-bond donors (Lipinski definition) is 1. The van der Waals surface area contributed by atoms with Crippen molar-refractivity contribution in [1.29, 1.82) is 0 Å². The van der Waals surface area contributed by atoms with Gasteiger partial charge >= 0.3 is 5.97 Å². The molecule has 0 aromatic carbocycles. The van der Waals surface area contributed by atoms with Gasteiger partial charge in [-0.25, -0.2) is 8.42 Å². The van der Waals surface area contributed by atoms with Crippen LogP contribution in [0.2, 0.25) is 0 Å². The summed E-state index contributed by atoms with van der Waals surface area (Å²) < 4.78 is 28.1. The maximum Gasteiger partial charge on any atom is 0.303 e. The third-order valence-electron chi connectivity index (χ3n) is 2.88. The number of hydrogen-bond acceptors (Lipinski definition) is 4. The van der Waals surface area contributed by atoms with E-state index in [1.54, 1.807) is 37.6 Å². The summed E-state index contributed by atoms with van der Waals surface area (Å²) in [5, 5.41) is 9.48. The van der Waals surface area contributed by atoms with Crippen LogP contribution < -0.4 is 4.31 Å². The Hall–Kier alpha value is -1.80. The number of aromatic nitrogens is 1. The van der Waals surface area contributed by atoms with Crippen LogP contribution in [-0.2, 0) is 21.4 Å². The zero-order valence-corrected chi connectivity index (χ0v) is 14.4. The Bertz CT molecular complexity index is 690. The quantitative estimate of drug-likeness (QED) is 0.904. The molecule has 8 heteroatoms. The van der Waals surface area contributed by atoms with Gasteiger partial charge in [-0.1, -0.05) is 13.0 Å². The lowest BCUT2D eigenvalue weighted by Crippen LogP contribution is -2.25. The molecule has 0 spiro atoms. The fourth-order valence-corrected chi connectivity index (χ4v) is 3.84. The molecule has 2 aromatic heterocycles. The molecule has 2 heterocycles. The van der Waals surface area contributed by atoms with Crippen molar-refractivity contribution in [2.45, 2.75) is 31.0 Å². The van der Waals surface area contributed by atoms with E-state index in [4.69, 9.17) is 5.11 Å². The number of nitrogens with zero attached hydrogens (tertiary/aromatic N) is 2. The molecule has 22 heavy (non-hydrogen) atoms. The Morgan fingerprint density at radius 2 is 2.00 bits per heavy atom. The molecular formula is C14H20N2O4S2. The summed E-state index contributed by atoms with van der Waals surface area (Å²) in [6, 6.07) is 5.16. The highest BCUT2D eigenvalue weighted by atomic mass is 32.2. The number of carboxylic acid groups (broad SMARTS) is 1. The van der Waals surface area contributed by atoms with Gasteiger partial charge in [0.25, 0.3) is 10.0 Å². The number of anilines is 1. The van der Waals surface area contributed by atoms with Crippen molar-refractivity contribution in [3.8, 4) is 0 Å². The molecule has 0 atom stereocenters. The molecule has 2 rings (SSSR count). The molecule has 0 saturated carbocycles. The van der Waals surface area contributed by atoms with Crippen molar-refractivity contribution < 1.29 is 18.3 Å². The Morgan fingerprint density at radius 3 is 2.41 bits per heavy atom. The maximum absolute atomic E-state index is 12.2. The molecule has 1 N–H and O–H groups in total. The minimum absolute atomic E-state index is 0.222. The van der Waals surface area contributed by atoms with Crippen LogP contribution in [0.3, 0.4) is 0 Å². The van der Waals surface area contributed by atoms with Gasteiger partial charge in [0.2, 0.25) is 0 Å². The summed E-state index contributed by atoms with van der Waals surface area (Å²) in [5.74, 6) is -0.745. The highest BCUT2D eigenvalue weighted by Gasteiger charge is 2.22. The van der Waals surface area contributed by atoms with Crippen LogP contribution in [0.5, 0.6) is 0 Å². The monoisotopic (exact) mass is 344 g/mol. The molecule has 6 nitrogen and oxygen atoms in total. The minimum atomic E-state index is -3.41. The van der Waals surface area contributed by atoms with Crippen LogP contribution >= 0.6 is 11.3 Å². The lowest BCUT2D eigenvalue weighted by atomic mass is 10.5. The second-order valence-electron chi connectivity index (χ2n) is 4.35. The normalized spacial score (nSPS) is 10.7. The minimum Gasteiger partial charge on any atom is -0.481 e. The predicted molar refractivity (Wildman–Crippen MR) is 87.9 cm³/mol. The van der Waals surface area contributed by atoms with E-state index in [1.165, 1.54) is 15.6 Å². The van der Waals surface area contributed by atoms with Crippen molar-refractivity contribution in [2.24, 2.45) is 0 Å². The number of rotatable bonds is 5. The summed E-state index contributed by atoms with van der Waals surface area (Å²) >= 11 is 1.23. The van der Waals surface area contributed by atoms with Crippen molar-refractivity contribution >= 4 is 33.0 Å². The number of carboxylic acids is 1. The number of sulfonamides is 1. The lowest BCUT2D eigenvalue weighted by Gasteiger charge is -2.16. The summed E-state index contributed by atoms with van der Waals surface area (Å²) in [4.78, 5) is 9.37. The van der Waals surface area contributed by atoms with Crippen LogP contribution in [-0.4, -0.2) is 31.1 Å². The molecule has 0 saturated heterocycles. The SMILES string of the molecule is CCC(=O)O.CCn1ccc(N(C)S(=O)(=O)c2cccs2)c1. The van der Waals surface area contributed by atoms with Gasteiger partial charge in [0.1, 0.15) is 4.21 Å². The van der Waals surface area contributed by atoms with Crippen molar-refractivity contribution in [2.75, 3.05) is 11.4 Å². The first-order valence-corrected chi connectivity index (χ1v) is 9.04. The molecule has 0 aliphatic carbocycles. The molecule has 0 fully saturated rings. The van der Waals surface area contributed by atoms with Gasteiger partial charge in [-0.15, -0.1) is 11.3 Å². The Morgan fingerprint density at radius 1 is 1.36 bits per heavy atom. The first-order chi connectivity index (χ1) is 10.3. The van der Waals surface area contributed by atoms with Gasteiger partial charge in [0.15, 0.2) is 0 Å². The molecule has 0 unspecified atom stereocenters. The highest BCUT2D eigenvalue weighted by Crippen LogP contribution is 2.25. The molecule has 0 amide bonds. The molecular weight excluding hydrogens is 324 g/mol. The zero-order chi connectivity index (χ0) is 16.8.